The van der Waals surface area contributed by atoms with Crippen LogP contribution >= 0.6 is 11.8 Å². The van der Waals surface area contributed by atoms with E-state index in [2.05, 4.69) is 12.2 Å². The maximum Gasteiger partial charge on any atom is 0.407 e. The largest absolute Gasteiger partial charge is 0.464 e. The van der Waals surface area contributed by atoms with Crippen LogP contribution in [-0.2, 0) is 14.3 Å². The lowest BCUT2D eigenvalue weighted by atomic mass is 10.1. The molecule has 0 bridgehead atoms. The van der Waals surface area contributed by atoms with Crippen LogP contribution < -0.4 is 5.32 Å². The minimum absolute atomic E-state index is 0.351. The fourth-order valence-corrected chi connectivity index (χ4v) is 3.14. The Balaban J connectivity index is 3.89. The maximum absolute atomic E-state index is 12.2. The van der Waals surface area contributed by atoms with Gasteiger partial charge in [0.1, 0.15) is 6.04 Å². The van der Waals surface area contributed by atoms with Gasteiger partial charge in [0.15, 0.2) is 0 Å². The zero-order chi connectivity index (χ0) is 20.2. The van der Waals surface area contributed by atoms with Gasteiger partial charge in [-0.1, -0.05) is 71.6 Å². The Hall–Kier alpha value is -0.910. The van der Waals surface area contributed by atoms with Gasteiger partial charge < -0.3 is 14.8 Å². The molecule has 0 aliphatic carbocycles. The SMILES string of the molecule is CCCCCCCCCCCOC(=O)C(CCSC)NC(=O)OCCCC. The number of hydrogen-bond donors (Lipinski definition) is 1. The monoisotopic (exact) mass is 403 g/mol. The molecule has 0 aromatic heterocycles. The molecule has 1 atom stereocenters. The second-order valence-corrected chi connectivity index (χ2v) is 7.95. The van der Waals surface area contributed by atoms with E-state index in [0.29, 0.717) is 19.6 Å². The molecule has 0 fully saturated rings. The first-order chi connectivity index (χ1) is 13.2. The Morgan fingerprint density at radius 1 is 0.815 bits per heavy atom. The van der Waals surface area contributed by atoms with Crippen LogP contribution in [0.1, 0.15) is 90.9 Å². The van der Waals surface area contributed by atoms with E-state index in [-0.39, 0.29) is 5.97 Å². The summed E-state index contributed by atoms with van der Waals surface area (Å²) in [5.74, 6) is 0.434. The zero-order valence-electron chi connectivity index (χ0n) is 17.7. The van der Waals surface area contributed by atoms with Crippen molar-refractivity contribution >= 4 is 23.8 Å². The molecular weight excluding hydrogens is 362 g/mol. The highest BCUT2D eigenvalue weighted by Gasteiger charge is 2.22. The third kappa shape index (κ3) is 17.0. The predicted octanol–water partition coefficient (Wildman–Crippen LogP) is 5.71. The van der Waals surface area contributed by atoms with E-state index in [1.165, 1.54) is 44.9 Å². The number of hydrogen-bond acceptors (Lipinski definition) is 5. The van der Waals surface area contributed by atoms with Gasteiger partial charge in [-0.3, -0.25) is 0 Å². The van der Waals surface area contributed by atoms with Gasteiger partial charge >= 0.3 is 12.1 Å². The highest BCUT2D eigenvalue weighted by atomic mass is 32.2. The van der Waals surface area contributed by atoms with Crippen molar-refractivity contribution in [3.05, 3.63) is 0 Å². The van der Waals surface area contributed by atoms with Gasteiger partial charge in [-0.2, -0.15) is 11.8 Å². The molecule has 5 nitrogen and oxygen atoms in total. The average molecular weight is 404 g/mol. The van der Waals surface area contributed by atoms with Gasteiger partial charge in [0.05, 0.1) is 13.2 Å². The van der Waals surface area contributed by atoms with Crippen molar-refractivity contribution in [1.29, 1.82) is 0 Å². The molecule has 0 rings (SSSR count). The van der Waals surface area contributed by atoms with E-state index < -0.39 is 12.1 Å². The van der Waals surface area contributed by atoms with Crippen molar-refractivity contribution in [2.45, 2.75) is 96.9 Å². The van der Waals surface area contributed by atoms with Gasteiger partial charge in [-0.05, 0) is 31.3 Å². The van der Waals surface area contributed by atoms with Gasteiger partial charge in [-0.25, -0.2) is 9.59 Å². The van der Waals surface area contributed by atoms with Crippen LogP contribution in [0.15, 0.2) is 0 Å². The van der Waals surface area contributed by atoms with Crippen molar-refractivity contribution in [2.75, 3.05) is 25.2 Å². The fourth-order valence-electron chi connectivity index (χ4n) is 2.66. The van der Waals surface area contributed by atoms with Crippen LogP contribution in [0.5, 0.6) is 0 Å². The Morgan fingerprint density at radius 2 is 1.37 bits per heavy atom. The van der Waals surface area contributed by atoms with Gasteiger partial charge in [0, 0.05) is 0 Å². The number of unbranched alkanes of at least 4 members (excludes halogenated alkanes) is 9. The molecule has 0 aliphatic heterocycles. The molecule has 1 amide bonds. The van der Waals surface area contributed by atoms with Crippen molar-refractivity contribution in [1.82, 2.24) is 5.32 Å². The lowest BCUT2D eigenvalue weighted by Crippen LogP contribution is -2.42. The first kappa shape index (κ1) is 26.1. The van der Waals surface area contributed by atoms with E-state index in [9.17, 15) is 9.59 Å². The topological polar surface area (TPSA) is 64.6 Å². The summed E-state index contributed by atoms with van der Waals surface area (Å²) in [5, 5.41) is 2.65. The molecule has 1 unspecified atom stereocenters. The number of amides is 1. The van der Waals surface area contributed by atoms with Crippen molar-refractivity contribution in [3.63, 3.8) is 0 Å². The quantitative estimate of drug-likeness (QED) is 0.235. The number of alkyl carbamates (subject to hydrolysis) is 1. The van der Waals surface area contributed by atoms with Crippen LogP contribution in [0, 0.1) is 0 Å². The zero-order valence-corrected chi connectivity index (χ0v) is 18.5. The summed E-state index contributed by atoms with van der Waals surface area (Å²) in [4.78, 5) is 24.0. The number of rotatable bonds is 18. The molecule has 0 saturated carbocycles. The predicted molar refractivity (Wildman–Crippen MR) is 114 cm³/mol. The highest BCUT2D eigenvalue weighted by molar-refractivity contribution is 7.98. The summed E-state index contributed by atoms with van der Waals surface area (Å²) in [5.41, 5.74) is 0. The van der Waals surface area contributed by atoms with Crippen LogP contribution in [0.25, 0.3) is 0 Å². The lowest BCUT2D eigenvalue weighted by Gasteiger charge is -2.17. The second kappa shape index (κ2) is 19.8. The van der Waals surface area contributed by atoms with Crippen LogP contribution in [0.4, 0.5) is 4.79 Å². The summed E-state index contributed by atoms with van der Waals surface area (Å²) in [6, 6.07) is -0.620. The summed E-state index contributed by atoms with van der Waals surface area (Å²) >= 11 is 1.64. The van der Waals surface area contributed by atoms with Crippen molar-refractivity contribution < 1.29 is 19.1 Å². The van der Waals surface area contributed by atoms with Gasteiger partial charge in [0.25, 0.3) is 0 Å². The molecule has 0 saturated heterocycles. The standard InChI is InChI=1S/C21H41NO4S/c1-4-6-8-9-10-11-12-13-14-17-25-20(23)19(15-18-27-3)22-21(24)26-16-7-5-2/h19H,4-18H2,1-3H3,(H,22,24). The van der Waals surface area contributed by atoms with Gasteiger partial charge in [0.2, 0.25) is 0 Å². The number of nitrogens with one attached hydrogen (secondary N) is 1. The smallest absolute Gasteiger partial charge is 0.407 e. The maximum atomic E-state index is 12.2. The molecule has 160 valence electrons. The number of ether oxygens (including phenoxy) is 2. The fraction of sp³-hybridized carbons (Fsp3) is 0.905. The average Bonchev–Trinajstić information content (AvgIpc) is 2.66. The van der Waals surface area contributed by atoms with E-state index in [4.69, 9.17) is 9.47 Å². The first-order valence-electron chi connectivity index (χ1n) is 10.7. The van der Waals surface area contributed by atoms with E-state index in [1.54, 1.807) is 11.8 Å². The van der Waals surface area contributed by atoms with Crippen LogP contribution in [-0.4, -0.2) is 43.3 Å². The molecular formula is C21H41NO4S. The molecule has 6 heteroatoms. The summed E-state index contributed by atoms with van der Waals surface area (Å²) in [7, 11) is 0. The van der Waals surface area contributed by atoms with E-state index in [0.717, 1.165) is 31.4 Å². The number of thioether (sulfide) groups is 1. The third-order valence-corrected chi connectivity index (χ3v) is 5.05. The molecule has 0 heterocycles. The van der Waals surface area contributed by atoms with Crippen LogP contribution in [0.2, 0.25) is 0 Å². The minimum atomic E-state index is -0.620. The molecule has 0 aliphatic rings. The molecule has 0 aromatic rings. The molecule has 0 spiro atoms. The normalized spacial score (nSPS) is 11.8. The number of carbonyl (C=O) groups excluding carboxylic acids is 2. The Kier molecular flexibility index (Phi) is 19.2. The Morgan fingerprint density at radius 3 is 1.96 bits per heavy atom. The summed E-state index contributed by atoms with van der Waals surface area (Å²) in [6.45, 7) is 5.08. The lowest BCUT2D eigenvalue weighted by molar-refractivity contribution is -0.146. The molecule has 27 heavy (non-hydrogen) atoms. The number of carbonyl (C=O) groups is 2. The molecule has 0 radical (unpaired) electrons. The van der Waals surface area contributed by atoms with Crippen molar-refractivity contribution in [2.24, 2.45) is 0 Å². The summed E-state index contributed by atoms with van der Waals surface area (Å²) < 4.78 is 10.5. The Labute approximate surface area is 170 Å². The first-order valence-corrected chi connectivity index (χ1v) is 12.1. The van der Waals surface area contributed by atoms with E-state index >= 15 is 0 Å². The highest BCUT2D eigenvalue weighted by Crippen LogP contribution is 2.10. The minimum Gasteiger partial charge on any atom is -0.464 e. The van der Waals surface area contributed by atoms with E-state index in [1.807, 2.05) is 13.2 Å². The third-order valence-electron chi connectivity index (χ3n) is 4.41. The van der Waals surface area contributed by atoms with Crippen molar-refractivity contribution in [3.8, 4) is 0 Å². The Bertz CT molecular complexity index is 366. The summed E-state index contributed by atoms with van der Waals surface area (Å²) in [6.07, 6.45) is 14.8. The number of esters is 1. The molecule has 1 N–H and O–H groups in total. The molecule has 0 aromatic carbocycles. The van der Waals surface area contributed by atoms with Crippen LogP contribution in [0.3, 0.4) is 0 Å². The van der Waals surface area contributed by atoms with Gasteiger partial charge in [-0.15, -0.1) is 0 Å². The second-order valence-electron chi connectivity index (χ2n) is 6.96.